The fourth-order valence-electron chi connectivity index (χ4n) is 2.83. The maximum absolute atomic E-state index is 11.7. The molecular formula is C13H24N2O2. The Kier molecular flexibility index (Phi) is 4.40. The lowest BCUT2D eigenvalue weighted by Gasteiger charge is -2.33. The molecule has 0 spiro atoms. The minimum absolute atomic E-state index is 0.0990. The molecule has 1 amide bonds. The molecule has 1 saturated heterocycles. The third-order valence-corrected chi connectivity index (χ3v) is 4.00. The normalized spacial score (nSPS) is 29.5. The monoisotopic (exact) mass is 240 g/mol. The van der Waals surface area contributed by atoms with Gasteiger partial charge in [0.15, 0.2) is 0 Å². The summed E-state index contributed by atoms with van der Waals surface area (Å²) in [4.78, 5) is 11.7. The molecule has 98 valence electrons. The number of carbonyl (C=O) groups is 1. The van der Waals surface area contributed by atoms with Crippen molar-refractivity contribution in [2.45, 2.75) is 63.0 Å². The van der Waals surface area contributed by atoms with E-state index in [0.29, 0.717) is 6.54 Å². The van der Waals surface area contributed by atoms with Crippen LogP contribution in [0.15, 0.2) is 0 Å². The number of aliphatic hydroxyl groups is 1. The van der Waals surface area contributed by atoms with Crippen LogP contribution >= 0.6 is 0 Å². The van der Waals surface area contributed by atoms with Crippen molar-refractivity contribution < 1.29 is 9.90 Å². The number of hydrogen-bond donors (Lipinski definition) is 3. The molecule has 0 aromatic carbocycles. The molecule has 17 heavy (non-hydrogen) atoms. The summed E-state index contributed by atoms with van der Waals surface area (Å²) < 4.78 is 0. The summed E-state index contributed by atoms with van der Waals surface area (Å²) in [6.45, 7) is 1.35. The Bertz CT molecular complexity index is 262. The molecule has 0 aromatic rings. The van der Waals surface area contributed by atoms with E-state index >= 15 is 0 Å². The zero-order valence-corrected chi connectivity index (χ0v) is 10.5. The molecule has 1 heterocycles. The van der Waals surface area contributed by atoms with Gasteiger partial charge in [-0.3, -0.25) is 4.79 Å². The maximum atomic E-state index is 11.7. The zero-order valence-electron chi connectivity index (χ0n) is 10.5. The second kappa shape index (κ2) is 5.83. The highest BCUT2D eigenvalue weighted by Gasteiger charge is 2.31. The summed E-state index contributed by atoms with van der Waals surface area (Å²) >= 11 is 0. The Labute approximate surface area is 103 Å². The molecule has 0 radical (unpaired) electrons. The van der Waals surface area contributed by atoms with E-state index in [1.54, 1.807) is 0 Å². The minimum Gasteiger partial charge on any atom is -0.389 e. The summed E-state index contributed by atoms with van der Waals surface area (Å²) in [6, 6.07) is -0.108. The van der Waals surface area contributed by atoms with Crippen molar-refractivity contribution in [3.8, 4) is 0 Å². The van der Waals surface area contributed by atoms with Crippen LogP contribution in [0.5, 0.6) is 0 Å². The molecule has 4 heteroatoms. The molecule has 0 aromatic heterocycles. The van der Waals surface area contributed by atoms with Gasteiger partial charge in [-0.2, -0.15) is 0 Å². The fraction of sp³-hybridized carbons (Fsp3) is 0.923. The highest BCUT2D eigenvalue weighted by molar-refractivity contribution is 5.81. The minimum atomic E-state index is -0.579. The quantitative estimate of drug-likeness (QED) is 0.688. The molecule has 0 bridgehead atoms. The van der Waals surface area contributed by atoms with Crippen molar-refractivity contribution >= 4 is 5.91 Å². The van der Waals surface area contributed by atoms with Crippen LogP contribution in [0.3, 0.4) is 0 Å². The molecule has 2 rings (SSSR count). The average molecular weight is 240 g/mol. The third kappa shape index (κ3) is 3.68. The van der Waals surface area contributed by atoms with Gasteiger partial charge < -0.3 is 15.7 Å². The van der Waals surface area contributed by atoms with Crippen LogP contribution in [0.25, 0.3) is 0 Å². The van der Waals surface area contributed by atoms with Crippen LogP contribution in [-0.4, -0.2) is 35.7 Å². The first-order valence-corrected chi connectivity index (χ1v) is 6.93. The van der Waals surface area contributed by atoms with Gasteiger partial charge >= 0.3 is 0 Å². The van der Waals surface area contributed by atoms with E-state index in [1.165, 1.54) is 6.42 Å². The third-order valence-electron chi connectivity index (χ3n) is 4.00. The summed E-state index contributed by atoms with van der Waals surface area (Å²) in [5.41, 5.74) is -0.579. The number of rotatable bonds is 3. The number of hydrogen-bond acceptors (Lipinski definition) is 3. The van der Waals surface area contributed by atoms with Gasteiger partial charge in [-0.1, -0.05) is 19.3 Å². The van der Waals surface area contributed by atoms with Crippen molar-refractivity contribution in [1.29, 1.82) is 0 Å². The van der Waals surface area contributed by atoms with Crippen LogP contribution < -0.4 is 10.6 Å². The molecular weight excluding hydrogens is 216 g/mol. The van der Waals surface area contributed by atoms with E-state index < -0.39 is 5.60 Å². The van der Waals surface area contributed by atoms with Crippen molar-refractivity contribution in [3.63, 3.8) is 0 Å². The molecule has 1 saturated carbocycles. The second-order valence-corrected chi connectivity index (χ2v) is 5.51. The fourth-order valence-corrected chi connectivity index (χ4v) is 2.83. The van der Waals surface area contributed by atoms with Crippen LogP contribution in [0.1, 0.15) is 51.4 Å². The Balaban J connectivity index is 1.81. The van der Waals surface area contributed by atoms with E-state index in [-0.39, 0.29) is 11.9 Å². The summed E-state index contributed by atoms with van der Waals surface area (Å²) in [7, 11) is 0. The lowest BCUT2D eigenvalue weighted by molar-refractivity contribution is -0.123. The highest BCUT2D eigenvalue weighted by atomic mass is 16.3. The van der Waals surface area contributed by atoms with Crippen LogP contribution in [0, 0.1) is 0 Å². The lowest BCUT2D eigenvalue weighted by atomic mass is 9.84. The Morgan fingerprint density at radius 1 is 1.24 bits per heavy atom. The van der Waals surface area contributed by atoms with Crippen LogP contribution in [0.4, 0.5) is 0 Å². The zero-order chi connectivity index (χ0) is 12.1. The smallest absolute Gasteiger partial charge is 0.237 e. The maximum Gasteiger partial charge on any atom is 0.237 e. The summed E-state index contributed by atoms with van der Waals surface area (Å²) in [5.74, 6) is 0.0990. The van der Waals surface area contributed by atoms with Gasteiger partial charge in [0.05, 0.1) is 11.6 Å². The largest absolute Gasteiger partial charge is 0.389 e. The molecule has 2 fully saturated rings. The van der Waals surface area contributed by atoms with Gasteiger partial charge in [-0.05, 0) is 32.1 Å². The molecule has 1 aliphatic heterocycles. The molecule has 3 N–H and O–H groups in total. The molecule has 4 nitrogen and oxygen atoms in total. The van der Waals surface area contributed by atoms with E-state index in [0.717, 1.165) is 51.5 Å². The first kappa shape index (κ1) is 12.8. The average Bonchev–Trinajstić information content (AvgIpc) is 2.53. The second-order valence-electron chi connectivity index (χ2n) is 5.51. The molecule has 1 unspecified atom stereocenters. The molecule has 1 atom stereocenters. The van der Waals surface area contributed by atoms with E-state index in [9.17, 15) is 9.90 Å². The number of carbonyl (C=O) groups excluding carboxylic acids is 1. The predicted molar refractivity (Wildman–Crippen MR) is 66.7 cm³/mol. The topological polar surface area (TPSA) is 61.4 Å². The highest BCUT2D eigenvalue weighted by Crippen LogP contribution is 2.27. The summed E-state index contributed by atoms with van der Waals surface area (Å²) in [6.07, 6.45) is 8.21. The van der Waals surface area contributed by atoms with E-state index in [4.69, 9.17) is 0 Å². The van der Waals surface area contributed by atoms with Crippen molar-refractivity contribution in [2.75, 3.05) is 13.1 Å². The van der Waals surface area contributed by atoms with Crippen LogP contribution in [0.2, 0.25) is 0 Å². The first-order chi connectivity index (χ1) is 8.20. The Hall–Kier alpha value is -0.610. The van der Waals surface area contributed by atoms with Gasteiger partial charge in [-0.15, -0.1) is 0 Å². The van der Waals surface area contributed by atoms with Gasteiger partial charge in [0, 0.05) is 13.1 Å². The van der Waals surface area contributed by atoms with Gasteiger partial charge in [-0.25, -0.2) is 0 Å². The number of amides is 1. The van der Waals surface area contributed by atoms with Crippen LogP contribution in [-0.2, 0) is 4.79 Å². The predicted octanol–water partition coefficient (Wildman–Crippen LogP) is 0.940. The Morgan fingerprint density at radius 2 is 2.00 bits per heavy atom. The molecule has 1 aliphatic carbocycles. The van der Waals surface area contributed by atoms with Crippen molar-refractivity contribution in [3.05, 3.63) is 0 Å². The Morgan fingerprint density at radius 3 is 2.76 bits per heavy atom. The first-order valence-electron chi connectivity index (χ1n) is 6.93. The van der Waals surface area contributed by atoms with Gasteiger partial charge in [0.2, 0.25) is 5.91 Å². The lowest BCUT2D eigenvalue weighted by Crippen LogP contribution is -2.50. The number of nitrogens with one attached hydrogen (secondary N) is 2. The summed E-state index contributed by atoms with van der Waals surface area (Å²) in [5, 5.41) is 16.5. The van der Waals surface area contributed by atoms with E-state index in [1.807, 2.05) is 0 Å². The van der Waals surface area contributed by atoms with Gasteiger partial charge in [0.1, 0.15) is 0 Å². The molecule has 2 aliphatic rings. The SMILES string of the molecule is O=C1NCCCCC1NCC1(O)CCCCC1. The van der Waals surface area contributed by atoms with Crippen molar-refractivity contribution in [1.82, 2.24) is 10.6 Å². The van der Waals surface area contributed by atoms with E-state index in [2.05, 4.69) is 10.6 Å². The van der Waals surface area contributed by atoms with Gasteiger partial charge in [0.25, 0.3) is 0 Å². The standard InChI is InChI=1S/C13H24N2O2/c16-12-11(6-2-5-9-14-12)15-10-13(17)7-3-1-4-8-13/h11,15,17H,1-10H2,(H,14,16). The van der Waals surface area contributed by atoms with Crippen molar-refractivity contribution in [2.24, 2.45) is 0 Å².